The summed E-state index contributed by atoms with van der Waals surface area (Å²) in [5.41, 5.74) is 4.23. The molecule has 1 aromatic carbocycles. The molecule has 0 spiro atoms. The van der Waals surface area contributed by atoms with Crippen molar-refractivity contribution in [2.45, 2.75) is 56.0 Å². The van der Waals surface area contributed by atoms with E-state index in [0.29, 0.717) is 6.54 Å². The first kappa shape index (κ1) is 20.3. The summed E-state index contributed by atoms with van der Waals surface area (Å²) in [6, 6.07) is 5.54. The molecule has 0 unspecified atom stereocenters. The Hall–Kier alpha value is -2.46. The first-order chi connectivity index (χ1) is 13.3. The third kappa shape index (κ3) is 4.68. The van der Waals surface area contributed by atoms with Crippen molar-refractivity contribution >= 4 is 27.7 Å². The van der Waals surface area contributed by atoms with Crippen LogP contribution in [0.4, 0.5) is 0 Å². The van der Waals surface area contributed by atoms with Crippen LogP contribution in [0.1, 0.15) is 49.4 Å². The van der Waals surface area contributed by atoms with E-state index in [1.807, 2.05) is 12.3 Å². The molecule has 1 saturated carbocycles. The summed E-state index contributed by atoms with van der Waals surface area (Å²) in [6.07, 6.45) is 4.27. The molecule has 9 nitrogen and oxygen atoms in total. The normalized spacial score (nSPS) is 20.2. The van der Waals surface area contributed by atoms with Crippen molar-refractivity contribution in [3.8, 4) is 0 Å². The predicted molar refractivity (Wildman–Crippen MR) is 100 cm³/mol. The molecular weight excluding hydrogens is 384 g/mol. The Balaban J connectivity index is 1.65. The van der Waals surface area contributed by atoms with Gasteiger partial charge in [-0.05, 0) is 50.8 Å². The summed E-state index contributed by atoms with van der Waals surface area (Å²) < 4.78 is 27.3. The fraction of sp³-hybridized carbons (Fsp3) is 0.500. The Morgan fingerprint density at radius 2 is 1.79 bits per heavy atom. The lowest BCUT2D eigenvalue weighted by atomic mass is 10.1. The van der Waals surface area contributed by atoms with Crippen molar-refractivity contribution in [3.05, 3.63) is 29.8 Å². The van der Waals surface area contributed by atoms with Gasteiger partial charge in [0.25, 0.3) is 5.91 Å². The van der Waals surface area contributed by atoms with Crippen LogP contribution in [0, 0.1) is 0 Å². The van der Waals surface area contributed by atoms with E-state index < -0.39 is 27.7 Å². The van der Waals surface area contributed by atoms with E-state index in [1.54, 1.807) is 0 Å². The number of sulfonamides is 1. The summed E-state index contributed by atoms with van der Waals surface area (Å²) in [5.74, 6) is -2.51. The molecule has 2 fully saturated rings. The lowest BCUT2D eigenvalue weighted by Crippen LogP contribution is -2.49. The number of hydrazine groups is 1. The van der Waals surface area contributed by atoms with Gasteiger partial charge >= 0.3 is 11.8 Å². The van der Waals surface area contributed by atoms with E-state index in [1.165, 1.54) is 28.6 Å². The van der Waals surface area contributed by atoms with Crippen molar-refractivity contribution < 1.29 is 22.8 Å². The lowest BCUT2D eigenvalue weighted by molar-refractivity contribution is -0.139. The Bertz CT molecular complexity index is 882. The number of nitrogens with one attached hydrogen (secondary N) is 3. The molecule has 152 valence electrons. The van der Waals surface area contributed by atoms with Gasteiger partial charge in [-0.25, -0.2) is 8.42 Å². The van der Waals surface area contributed by atoms with Gasteiger partial charge in [0, 0.05) is 24.2 Å². The molecule has 10 heteroatoms. The maximum Gasteiger partial charge on any atom is 0.327 e. The summed E-state index contributed by atoms with van der Waals surface area (Å²) in [6.45, 7) is 2.32. The number of nitrogens with zero attached hydrogens (tertiary/aromatic N) is 1. The number of amides is 3. The van der Waals surface area contributed by atoms with Crippen LogP contribution < -0.4 is 16.2 Å². The highest BCUT2D eigenvalue weighted by Gasteiger charge is 2.31. The van der Waals surface area contributed by atoms with Crippen LogP contribution in [0.3, 0.4) is 0 Å². The minimum atomic E-state index is -3.72. The first-order valence-electron chi connectivity index (χ1n) is 9.32. The number of rotatable bonds is 4. The number of hydrogen-bond acceptors (Lipinski definition) is 5. The van der Waals surface area contributed by atoms with Crippen LogP contribution in [0.2, 0.25) is 0 Å². The van der Waals surface area contributed by atoms with Gasteiger partial charge in [-0.1, -0.05) is 12.5 Å². The van der Waals surface area contributed by atoms with Crippen molar-refractivity contribution in [1.82, 2.24) is 20.5 Å². The van der Waals surface area contributed by atoms with Crippen LogP contribution in [0.15, 0.2) is 29.2 Å². The topological polar surface area (TPSA) is 125 Å². The van der Waals surface area contributed by atoms with E-state index >= 15 is 0 Å². The summed E-state index contributed by atoms with van der Waals surface area (Å²) in [5, 5.41) is 2.50. The van der Waals surface area contributed by atoms with Crippen molar-refractivity contribution in [2.75, 3.05) is 6.54 Å². The molecular formula is C18H24N4O5S. The van der Waals surface area contributed by atoms with E-state index in [-0.39, 0.29) is 22.5 Å². The molecule has 28 heavy (non-hydrogen) atoms. The third-order valence-electron chi connectivity index (χ3n) is 4.85. The Kier molecular flexibility index (Phi) is 5.99. The maximum absolute atomic E-state index is 12.9. The van der Waals surface area contributed by atoms with Crippen LogP contribution in [-0.4, -0.2) is 49.1 Å². The zero-order valence-corrected chi connectivity index (χ0v) is 16.4. The maximum atomic E-state index is 12.9. The number of hydrogen-bond donors (Lipinski definition) is 3. The summed E-state index contributed by atoms with van der Waals surface area (Å²) in [7, 11) is -3.72. The molecule has 3 rings (SSSR count). The summed E-state index contributed by atoms with van der Waals surface area (Å²) >= 11 is 0. The van der Waals surface area contributed by atoms with Gasteiger partial charge in [-0.15, -0.1) is 0 Å². The second-order valence-electron chi connectivity index (χ2n) is 7.14. The van der Waals surface area contributed by atoms with Crippen LogP contribution in [-0.2, 0) is 19.6 Å². The largest absolute Gasteiger partial charge is 0.345 e. The Morgan fingerprint density at radius 1 is 1.04 bits per heavy atom. The molecule has 1 aliphatic carbocycles. The quantitative estimate of drug-likeness (QED) is 0.488. The van der Waals surface area contributed by atoms with Crippen LogP contribution in [0.25, 0.3) is 0 Å². The molecule has 1 heterocycles. The molecule has 1 aliphatic heterocycles. The van der Waals surface area contributed by atoms with Crippen molar-refractivity contribution in [3.63, 3.8) is 0 Å². The predicted octanol–water partition coefficient (Wildman–Crippen LogP) is 0.289. The Morgan fingerprint density at radius 3 is 2.46 bits per heavy atom. The standard InChI is InChI=1S/C18H24N4O5S/c1-12-5-2-3-10-22(12)28(26,27)15-7-4-6-13(11-15)16(23)20-21-18(25)17(24)19-14-8-9-14/h4,6-7,11-12,14H,2-3,5,8-10H2,1H3,(H,19,24)(H,20,23)(H,21,25)/t12-/m1/s1. The SMILES string of the molecule is C[C@@H]1CCCCN1S(=O)(=O)c1cccc(C(=O)NNC(=O)C(=O)NC2CC2)c1. The molecule has 1 aromatic rings. The van der Waals surface area contributed by atoms with E-state index in [4.69, 9.17) is 0 Å². The van der Waals surface area contributed by atoms with Crippen LogP contribution >= 0.6 is 0 Å². The second kappa shape index (κ2) is 8.27. The monoisotopic (exact) mass is 408 g/mol. The van der Waals surface area contributed by atoms with Gasteiger partial charge in [-0.2, -0.15) is 4.31 Å². The minimum absolute atomic E-state index is 0.0201. The molecule has 3 amide bonds. The number of benzene rings is 1. The number of piperidine rings is 1. The first-order valence-corrected chi connectivity index (χ1v) is 10.8. The zero-order valence-electron chi connectivity index (χ0n) is 15.6. The van der Waals surface area contributed by atoms with Gasteiger partial charge in [0.15, 0.2) is 0 Å². The van der Waals surface area contributed by atoms with Crippen molar-refractivity contribution in [1.29, 1.82) is 0 Å². The van der Waals surface area contributed by atoms with Crippen molar-refractivity contribution in [2.24, 2.45) is 0 Å². The van der Waals surface area contributed by atoms with Gasteiger partial charge in [0.1, 0.15) is 0 Å². The van der Waals surface area contributed by atoms with Gasteiger partial charge in [0.2, 0.25) is 10.0 Å². The highest BCUT2D eigenvalue weighted by Crippen LogP contribution is 2.25. The molecule has 1 saturated heterocycles. The average Bonchev–Trinajstić information content (AvgIpc) is 3.50. The molecule has 1 atom stereocenters. The molecule has 0 aromatic heterocycles. The van der Waals surface area contributed by atoms with Gasteiger partial charge < -0.3 is 5.32 Å². The van der Waals surface area contributed by atoms with E-state index in [9.17, 15) is 22.8 Å². The fourth-order valence-electron chi connectivity index (χ4n) is 3.08. The number of carbonyl (C=O) groups excluding carboxylic acids is 3. The molecule has 0 bridgehead atoms. The highest BCUT2D eigenvalue weighted by molar-refractivity contribution is 7.89. The molecule has 2 aliphatic rings. The molecule has 0 radical (unpaired) electrons. The average molecular weight is 408 g/mol. The number of carbonyl (C=O) groups is 3. The van der Waals surface area contributed by atoms with E-state index in [0.717, 1.165) is 32.1 Å². The lowest BCUT2D eigenvalue weighted by Gasteiger charge is -2.32. The van der Waals surface area contributed by atoms with Crippen LogP contribution in [0.5, 0.6) is 0 Å². The molecule has 3 N–H and O–H groups in total. The summed E-state index contributed by atoms with van der Waals surface area (Å²) in [4.78, 5) is 35.5. The minimum Gasteiger partial charge on any atom is -0.345 e. The smallest absolute Gasteiger partial charge is 0.327 e. The highest BCUT2D eigenvalue weighted by atomic mass is 32.2. The fourth-order valence-corrected chi connectivity index (χ4v) is 4.83. The van der Waals surface area contributed by atoms with Gasteiger partial charge in [-0.3, -0.25) is 25.2 Å². The van der Waals surface area contributed by atoms with E-state index in [2.05, 4.69) is 10.7 Å². The third-order valence-corrected chi connectivity index (χ3v) is 6.86. The van der Waals surface area contributed by atoms with Gasteiger partial charge in [0.05, 0.1) is 4.90 Å². The second-order valence-corrected chi connectivity index (χ2v) is 9.03. The zero-order chi connectivity index (χ0) is 20.3. The Labute approximate surface area is 163 Å².